The number of aliphatic carboxylic acids is 1. The molecule has 0 aliphatic carbocycles. The fourth-order valence-corrected chi connectivity index (χ4v) is 3.16. The van der Waals surface area contributed by atoms with E-state index >= 15 is 0 Å². The summed E-state index contributed by atoms with van der Waals surface area (Å²) < 4.78 is 0. The highest BCUT2D eigenvalue weighted by atomic mass is 16.4. The van der Waals surface area contributed by atoms with Crippen LogP contribution in [-0.2, 0) is 4.79 Å². The normalized spacial score (nSPS) is 16.6. The van der Waals surface area contributed by atoms with Gasteiger partial charge in [-0.2, -0.15) is 0 Å². The molecule has 160 valence electrons. The Bertz CT molecular complexity index is 830. The molecule has 8 nitrogen and oxygen atoms in total. The van der Waals surface area contributed by atoms with Crippen molar-refractivity contribution in [1.29, 1.82) is 5.41 Å². The van der Waals surface area contributed by atoms with Gasteiger partial charge in [-0.25, -0.2) is 4.79 Å². The van der Waals surface area contributed by atoms with E-state index in [1.807, 2.05) is 23.1 Å². The molecule has 8 heteroatoms. The number of rotatable bonds is 5. The number of nitrogens with two attached hydrogens (primary N) is 1. The van der Waals surface area contributed by atoms with E-state index in [4.69, 9.17) is 21.4 Å². The van der Waals surface area contributed by atoms with Gasteiger partial charge in [0.05, 0.1) is 0 Å². The Kier molecular flexibility index (Phi) is 8.83. The van der Waals surface area contributed by atoms with Crippen LogP contribution >= 0.6 is 0 Å². The average molecular weight is 412 g/mol. The van der Waals surface area contributed by atoms with Crippen LogP contribution in [0.4, 0.5) is 0 Å². The summed E-state index contributed by atoms with van der Waals surface area (Å²) in [7, 11) is 0. The molecule has 30 heavy (non-hydrogen) atoms. The Morgan fingerprint density at radius 2 is 1.73 bits per heavy atom. The highest BCUT2D eigenvalue weighted by Crippen LogP contribution is 2.15. The number of hydrogen-bond donors (Lipinski definition) is 5. The van der Waals surface area contributed by atoms with Gasteiger partial charge in [0, 0.05) is 25.2 Å². The molecule has 6 N–H and O–H groups in total. The third-order valence-corrected chi connectivity index (χ3v) is 4.80. The zero-order valence-electron chi connectivity index (χ0n) is 16.7. The Labute approximate surface area is 175 Å². The van der Waals surface area contributed by atoms with Crippen LogP contribution in [0.2, 0.25) is 0 Å². The van der Waals surface area contributed by atoms with Gasteiger partial charge in [0.25, 0.3) is 5.91 Å². The molecular formula is C22H28N4O4. The third-order valence-electron chi connectivity index (χ3n) is 4.80. The summed E-state index contributed by atoms with van der Waals surface area (Å²) in [5, 5.41) is 27.8. The van der Waals surface area contributed by atoms with Crippen LogP contribution in [0, 0.1) is 11.3 Å². The van der Waals surface area contributed by atoms with Gasteiger partial charge in [-0.15, -0.1) is 0 Å². The van der Waals surface area contributed by atoms with Crippen molar-refractivity contribution in [3.05, 3.63) is 71.8 Å². The van der Waals surface area contributed by atoms with E-state index in [1.54, 1.807) is 42.5 Å². The molecule has 0 spiro atoms. The molecule has 3 rings (SSSR count). The molecule has 0 aromatic heterocycles. The maximum Gasteiger partial charge on any atom is 0.337 e. The summed E-state index contributed by atoms with van der Waals surface area (Å²) >= 11 is 0. The first-order valence-corrected chi connectivity index (χ1v) is 9.76. The van der Waals surface area contributed by atoms with E-state index in [0.29, 0.717) is 23.6 Å². The lowest BCUT2D eigenvalue weighted by atomic mass is 9.98. The lowest BCUT2D eigenvalue weighted by Gasteiger charge is -2.32. The molecule has 1 fully saturated rings. The van der Waals surface area contributed by atoms with E-state index in [2.05, 4.69) is 5.32 Å². The summed E-state index contributed by atoms with van der Waals surface area (Å²) in [5.41, 5.74) is 6.58. The van der Waals surface area contributed by atoms with Crippen molar-refractivity contribution >= 4 is 17.8 Å². The van der Waals surface area contributed by atoms with Gasteiger partial charge in [-0.05, 0) is 36.5 Å². The fourth-order valence-electron chi connectivity index (χ4n) is 3.16. The summed E-state index contributed by atoms with van der Waals surface area (Å²) in [5.74, 6) is -0.777. The number of nitrogens with one attached hydrogen (secondary N) is 2. The number of hydrogen-bond acceptors (Lipinski definition) is 4. The van der Waals surface area contributed by atoms with Crippen molar-refractivity contribution in [2.45, 2.75) is 18.9 Å². The fraction of sp³-hybridized carbons (Fsp3) is 0.318. The Morgan fingerprint density at radius 1 is 1.13 bits per heavy atom. The predicted molar refractivity (Wildman–Crippen MR) is 114 cm³/mol. The van der Waals surface area contributed by atoms with E-state index in [-0.39, 0.29) is 11.9 Å². The lowest BCUT2D eigenvalue weighted by Crippen LogP contribution is -2.46. The first-order chi connectivity index (χ1) is 14.4. The SMILES string of the molecule is N=C(N)N1CCC[C@@H](CNC(=O)c2ccccc2)C1.O=C(O)[C@H](O)c1ccccc1. The molecule has 0 unspecified atom stereocenters. The summed E-state index contributed by atoms with van der Waals surface area (Å²) in [6.07, 6.45) is 0.681. The third kappa shape index (κ3) is 7.21. The van der Waals surface area contributed by atoms with E-state index < -0.39 is 12.1 Å². The van der Waals surface area contributed by atoms with Crippen LogP contribution in [0.25, 0.3) is 0 Å². The Morgan fingerprint density at radius 3 is 2.30 bits per heavy atom. The number of aliphatic hydroxyl groups excluding tert-OH is 1. The molecule has 2 aromatic rings. The first kappa shape index (κ1) is 22.9. The number of carboxylic acid groups (broad SMARTS) is 1. The topological polar surface area (TPSA) is 140 Å². The molecule has 0 radical (unpaired) electrons. The van der Waals surface area contributed by atoms with Crippen molar-refractivity contribution in [2.24, 2.45) is 11.7 Å². The van der Waals surface area contributed by atoms with Gasteiger partial charge in [-0.3, -0.25) is 10.2 Å². The van der Waals surface area contributed by atoms with E-state index in [9.17, 15) is 9.59 Å². The standard InChI is InChI=1S/C14H20N4O.C8H8O3/c15-14(16)18-8-4-5-11(10-18)9-17-13(19)12-6-2-1-3-7-12;9-7(8(10)11)6-4-2-1-3-5-6/h1-3,6-7,11H,4-5,8-10H2,(H3,15,16)(H,17,19);1-5,7,9H,(H,10,11)/t11-;7-/m01/s1. The number of likely N-dealkylation sites (tertiary alicyclic amines) is 1. The molecule has 1 saturated heterocycles. The minimum atomic E-state index is -1.41. The number of aliphatic hydroxyl groups is 1. The lowest BCUT2D eigenvalue weighted by molar-refractivity contribution is -0.146. The number of piperidine rings is 1. The van der Waals surface area contributed by atoms with Crippen LogP contribution in [0.15, 0.2) is 60.7 Å². The van der Waals surface area contributed by atoms with Gasteiger partial charge in [0.2, 0.25) is 0 Å². The highest BCUT2D eigenvalue weighted by molar-refractivity contribution is 5.94. The zero-order valence-corrected chi connectivity index (χ0v) is 16.7. The molecule has 1 heterocycles. The maximum absolute atomic E-state index is 11.9. The highest BCUT2D eigenvalue weighted by Gasteiger charge is 2.21. The summed E-state index contributed by atoms with van der Waals surface area (Å²) in [4.78, 5) is 24.0. The van der Waals surface area contributed by atoms with Crippen molar-refractivity contribution < 1.29 is 19.8 Å². The van der Waals surface area contributed by atoms with Crippen molar-refractivity contribution in [2.75, 3.05) is 19.6 Å². The first-order valence-electron chi connectivity index (χ1n) is 9.76. The quantitative estimate of drug-likeness (QED) is 0.375. The molecular weight excluding hydrogens is 384 g/mol. The van der Waals surface area contributed by atoms with Gasteiger partial charge in [-0.1, -0.05) is 48.5 Å². The minimum Gasteiger partial charge on any atom is -0.479 e. The molecule has 1 aliphatic rings. The maximum atomic E-state index is 11.9. The minimum absolute atomic E-state index is 0.0412. The molecule has 2 atom stereocenters. The second-order valence-electron chi connectivity index (χ2n) is 7.07. The number of carboxylic acids is 1. The molecule has 2 aromatic carbocycles. The van der Waals surface area contributed by atoms with Crippen LogP contribution in [-0.4, -0.2) is 52.6 Å². The van der Waals surface area contributed by atoms with Gasteiger partial charge in [0.1, 0.15) is 0 Å². The largest absolute Gasteiger partial charge is 0.479 e. The van der Waals surface area contributed by atoms with E-state index in [0.717, 1.165) is 25.9 Å². The number of benzene rings is 2. The number of amides is 1. The van der Waals surface area contributed by atoms with Crippen LogP contribution in [0.5, 0.6) is 0 Å². The monoisotopic (exact) mass is 412 g/mol. The number of nitrogens with zero attached hydrogens (tertiary/aromatic N) is 1. The van der Waals surface area contributed by atoms with Gasteiger partial charge in [0.15, 0.2) is 12.1 Å². The van der Waals surface area contributed by atoms with Crippen LogP contribution in [0.1, 0.15) is 34.9 Å². The average Bonchev–Trinajstić information content (AvgIpc) is 2.78. The molecule has 0 bridgehead atoms. The zero-order chi connectivity index (χ0) is 21.9. The summed E-state index contributed by atoms with van der Waals surface area (Å²) in [6.45, 7) is 2.24. The second-order valence-corrected chi connectivity index (χ2v) is 7.07. The van der Waals surface area contributed by atoms with Crippen molar-refractivity contribution in [1.82, 2.24) is 10.2 Å². The molecule has 1 amide bonds. The van der Waals surface area contributed by atoms with Crippen LogP contribution < -0.4 is 11.1 Å². The smallest absolute Gasteiger partial charge is 0.337 e. The second kappa shape index (κ2) is 11.6. The predicted octanol–water partition coefficient (Wildman–Crippen LogP) is 1.83. The number of guanidine groups is 1. The van der Waals surface area contributed by atoms with Crippen LogP contribution in [0.3, 0.4) is 0 Å². The number of carbonyl (C=O) groups excluding carboxylic acids is 1. The van der Waals surface area contributed by atoms with Crippen molar-refractivity contribution in [3.8, 4) is 0 Å². The Balaban J connectivity index is 0.000000248. The van der Waals surface area contributed by atoms with Gasteiger partial charge < -0.3 is 26.2 Å². The molecule has 0 saturated carbocycles. The summed E-state index contributed by atoms with van der Waals surface area (Å²) in [6, 6.07) is 17.5. The molecule has 1 aliphatic heterocycles. The number of carbonyl (C=O) groups is 2. The van der Waals surface area contributed by atoms with E-state index in [1.165, 1.54) is 0 Å². The van der Waals surface area contributed by atoms with Crippen molar-refractivity contribution in [3.63, 3.8) is 0 Å². The van der Waals surface area contributed by atoms with Gasteiger partial charge >= 0.3 is 5.97 Å². The Hall–Kier alpha value is -3.39.